The number of fused-ring (bicyclic) bond motifs is 1. The van der Waals surface area contributed by atoms with Crippen molar-refractivity contribution in [3.05, 3.63) is 39.5 Å². The van der Waals surface area contributed by atoms with Crippen molar-refractivity contribution in [1.82, 2.24) is 5.43 Å². The number of methoxy groups -OCH3 is 1. The monoisotopic (exact) mass is 497 g/mol. The highest BCUT2D eigenvalue weighted by Gasteiger charge is 2.13. The highest BCUT2D eigenvalue weighted by atomic mass is 127. The van der Waals surface area contributed by atoms with Crippen molar-refractivity contribution in [2.24, 2.45) is 5.10 Å². The predicted octanol–water partition coefficient (Wildman–Crippen LogP) is 2.99. The molecule has 0 atom stereocenters. The number of carbonyl (C=O) groups is 1. The molecular weight excluding hydrogens is 477 g/mol. The molecule has 148 valence electrons. The number of anilines is 1. The van der Waals surface area contributed by atoms with Crippen LogP contribution in [0.2, 0.25) is 0 Å². The molecule has 1 heterocycles. The summed E-state index contributed by atoms with van der Waals surface area (Å²) in [4.78, 5) is 12.0. The first-order valence-corrected chi connectivity index (χ1v) is 9.64. The topological polar surface area (TPSA) is 90.4 Å². The number of hydrazone groups is 1. The minimum atomic E-state index is -0.276. The Hall–Kier alpha value is -2.69. The summed E-state index contributed by atoms with van der Waals surface area (Å²) < 4.78 is 22.4. The molecule has 0 saturated heterocycles. The average molecular weight is 497 g/mol. The molecule has 1 aliphatic rings. The van der Waals surface area contributed by atoms with Gasteiger partial charge >= 0.3 is 0 Å². The second-order valence-corrected chi connectivity index (χ2v) is 6.84. The second-order valence-electron chi connectivity index (χ2n) is 5.68. The first-order chi connectivity index (χ1) is 13.6. The van der Waals surface area contributed by atoms with E-state index in [0.29, 0.717) is 29.6 Å². The zero-order valence-electron chi connectivity index (χ0n) is 15.5. The van der Waals surface area contributed by atoms with Crippen LogP contribution >= 0.6 is 22.6 Å². The molecule has 1 aliphatic heterocycles. The van der Waals surface area contributed by atoms with Gasteiger partial charge in [0, 0.05) is 11.8 Å². The molecule has 1 amide bonds. The standard InChI is InChI=1S/C19H20IN3O5/c1-3-26-19-14(20)6-12(7-17(19)25-2)9-22-23-18(24)10-21-13-4-5-15-16(8-13)28-11-27-15/h4-9,21H,3,10-11H2,1-2H3,(H,23,24)/b22-9-. The molecular formula is C19H20IN3O5. The van der Waals surface area contributed by atoms with E-state index in [0.717, 1.165) is 14.8 Å². The maximum atomic E-state index is 12.0. The van der Waals surface area contributed by atoms with Crippen LogP contribution in [0.3, 0.4) is 0 Å². The van der Waals surface area contributed by atoms with Gasteiger partial charge in [-0.15, -0.1) is 0 Å². The molecule has 2 aromatic rings. The van der Waals surface area contributed by atoms with Gasteiger partial charge in [-0.2, -0.15) is 5.10 Å². The molecule has 0 bridgehead atoms. The van der Waals surface area contributed by atoms with Crippen LogP contribution in [-0.4, -0.2) is 39.2 Å². The number of amides is 1. The summed E-state index contributed by atoms with van der Waals surface area (Å²) in [6.07, 6.45) is 1.55. The van der Waals surface area contributed by atoms with Crippen LogP contribution in [0.15, 0.2) is 35.4 Å². The van der Waals surface area contributed by atoms with Crippen molar-refractivity contribution >= 4 is 40.4 Å². The number of hydrogen-bond donors (Lipinski definition) is 2. The maximum Gasteiger partial charge on any atom is 0.259 e. The van der Waals surface area contributed by atoms with E-state index in [-0.39, 0.29) is 19.2 Å². The molecule has 28 heavy (non-hydrogen) atoms. The Morgan fingerprint density at radius 3 is 2.89 bits per heavy atom. The summed E-state index contributed by atoms with van der Waals surface area (Å²) in [5, 5.41) is 7.01. The van der Waals surface area contributed by atoms with Crippen molar-refractivity contribution in [2.45, 2.75) is 6.92 Å². The average Bonchev–Trinajstić information content (AvgIpc) is 3.16. The number of nitrogens with zero attached hydrogens (tertiary/aromatic N) is 1. The lowest BCUT2D eigenvalue weighted by Gasteiger charge is -2.12. The highest BCUT2D eigenvalue weighted by molar-refractivity contribution is 14.1. The Labute approximate surface area is 176 Å². The number of rotatable bonds is 8. The minimum Gasteiger partial charge on any atom is -0.493 e. The summed E-state index contributed by atoms with van der Waals surface area (Å²) in [5.74, 6) is 2.38. The summed E-state index contributed by atoms with van der Waals surface area (Å²) >= 11 is 2.17. The lowest BCUT2D eigenvalue weighted by Crippen LogP contribution is -2.25. The largest absolute Gasteiger partial charge is 0.493 e. The van der Waals surface area contributed by atoms with E-state index in [4.69, 9.17) is 18.9 Å². The molecule has 0 aliphatic carbocycles. The van der Waals surface area contributed by atoms with Crippen LogP contribution in [0.5, 0.6) is 23.0 Å². The molecule has 3 rings (SSSR count). The molecule has 8 nitrogen and oxygen atoms in total. The molecule has 0 unspecified atom stereocenters. The van der Waals surface area contributed by atoms with Crippen molar-refractivity contribution in [2.75, 3.05) is 32.4 Å². The van der Waals surface area contributed by atoms with E-state index >= 15 is 0 Å². The lowest BCUT2D eigenvalue weighted by molar-refractivity contribution is -0.119. The maximum absolute atomic E-state index is 12.0. The summed E-state index contributed by atoms with van der Waals surface area (Å²) in [6.45, 7) is 2.74. The fourth-order valence-corrected chi connectivity index (χ4v) is 3.29. The number of carbonyl (C=O) groups excluding carboxylic acids is 1. The van der Waals surface area contributed by atoms with Crippen molar-refractivity contribution in [3.8, 4) is 23.0 Å². The fraction of sp³-hybridized carbons (Fsp3) is 0.263. The van der Waals surface area contributed by atoms with Gasteiger partial charge in [-0.1, -0.05) is 0 Å². The highest BCUT2D eigenvalue weighted by Crippen LogP contribution is 2.34. The zero-order chi connectivity index (χ0) is 19.9. The van der Waals surface area contributed by atoms with Gasteiger partial charge in [0.15, 0.2) is 23.0 Å². The van der Waals surface area contributed by atoms with Gasteiger partial charge in [0.2, 0.25) is 6.79 Å². The van der Waals surface area contributed by atoms with Gasteiger partial charge in [-0.05, 0) is 59.3 Å². The van der Waals surface area contributed by atoms with E-state index in [1.54, 1.807) is 31.5 Å². The number of nitrogens with one attached hydrogen (secondary N) is 2. The van der Waals surface area contributed by atoms with Crippen molar-refractivity contribution in [1.29, 1.82) is 0 Å². The Kier molecular flexibility index (Phi) is 6.80. The molecule has 2 N–H and O–H groups in total. The van der Waals surface area contributed by atoms with Gasteiger partial charge in [-0.25, -0.2) is 5.43 Å². The first kappa shape index (κ1) is 20.1. The summed E-state index contributed by atoms with van der Waals surface area (Å²) in [6, 6.07) is 9.09. The van der Waals surface area contributed by atoms with E-state index in [9.17, 15) is 4.79 Å². The van der Waals surface area contributed by atoms with Crippen LogP contribution in [0, 0.1) is 3.57 Å². The van der Waals surface area contributed by atoms with Crippen molar-refractivity contribution in [3.63, 3.8) is 0 Å². The van der Waals surface area contributed by atoms with Gasteiger partial charge in [-0.3, -0.25) is 4.79 Å². The summed E-state index contributed by atoms with van der Waals surface area (Å²) in [7, 11) is 1.58. The molecule has 0 saturated carbocycles. The Bertz CT molecular complexity index is 888. The molecule has 0 fully saturated rings. The zero-order valence-corrected chi connectivity index (χ0v) is 17.6. The predicted molar refractivity (Wildman–Crippen MR) is 114 cm³/mol. The third-order valence-corrected chi connectivity index (χ3v) is 4.57. The van der Waals surface area contributed by atoms with Gasteiger partial charge < -0.3 is 24.3 Å². The number of hydrogen-bond acceptors (Lipinski definition) is 7. The van der Waals surface area contributed by atoms with Crippen molar-refractivity contribution < 1.29 is 23.7 Å². The van der Waals surface area contributed by atoms with E-state index < -0.39 is 0 Å². The summed E-state index contributed by atoms with van der Waals surface area (Å²) in [5.41, 5.74) is 4.03. The van der Waals surface area contributed by atoms with Gasteiger partial charge in [0.1, 0.15) is 0 Å². The van der Waals surface area contributed by atoms with Crippen LogP contribution in [0.1, 0.15) is 12.5 Å². The van der Waals surface area contributed by atoms with E-state index in [1.165, 1.54) is 0 Å². The SMILES string of the molecule is CCOc1c(I)cc(/C=N\NC(=O)CNc2ccc3c(c2)OCO3)cc1OC. The molecule has 9 heteroatoms. The lowest BCUT2D eigenvalue weighted by atomic mass is 10.2. The quantitative estimate of drug-likeness (QED) is 0.331. The second kappa shape index (κ2) is 9.49. The van der Waals surface area contributed by atoms with Gasteiger partial charge in [0.25, 0.3) is 5.91 Å². The smallest absolute Gasteiger partial charge is 0.259 e. The van der Waals surface area contributed by atoms with E-state index in [1.807, 2.05) is 19.1 Å². The molecule has 0 aromatic heterocycles. The number of benzene rings is 2. The van der Waals surface area contributed by atoms with Crippen LogP contribution < -0.4 is 29.7 Å². The Balaban J connectivity index is 1.54. The number of ether oxygens (including phenoxy) is 4. The van der Waals surface area contributed by atoms with E-state index in [2.05, 4.69) is 38.4 Å². The Morgan fingerprint density at radius 2 is 2.11 bits per heavy atom. The molecule has 0 spiro atoms. The molecule has 0 radical (unpaired) electrons. The minimum absolute atomic E-state index is 0.0706. The Morgan fingerprint density at radius 1 is 1.29 bits per heavy atom. The van der Waals surface area contributed by atoms with Crippen LogP contribution in [0.25, 0.3) is 0 Å². The fourth-order valence-electron chi connectivity index (χ4n) is 2.51. The number of halogens is 1. The third-order valence-electron chi connectivity index (χ3n) is 3.77. The first-order valence-electron chi connectivity index (χ1n) is 8.56. The molecule has 2 aromatic carbocycles. The normalized spacial score (nSPS) is 12.1. The van der Waals surface area contributed by atoms with Crippen LogP contribution in [-0.2, 0) is 4.79 Å². The third kappa shape index (κ3) is 4.97. The van der Waals surface area contributed by atoms with Crippen LogP contribution in [0.4, 0.5) is 5.69 Å². The van der Waals surface area contributed by atoms with Gasteiger partial charge in [0.05, 0.1) is 30.0 Å².